The minimum atomic E-state index is 0.123. The van der Waals surface area contributed by atoms with Gasteiger partial charge in [-0.25, -0.2) is 4.98 Å². The number of benzene rings is 3. The normalized spacial score (nSPS) is 15.7. The number of piperazine rings is 1. The maximum absolute atomic E-state index is 13.3. The lowest BCUT2D eigenvalue weighted by atomic mass is 9.99. The molecular weight excluding hydrogens is 396 g/mol. The Kier molecular flexibility index (Phi) is 5.73. The summed E-state index contributed by atoms with van der Waals surface area (Å²) in [5, 5.41) is 2.13. The molecule has 0 spiro atoms. The molecule has 1 aliphatic heterocycles. The number of H-pyrrole nitrogens is 1. The van der Waals surface area contributed by atoms with E-state index in [-0.39, 0.29) is 11.9 Å². The Morgan fingerprint density at radius 3 is 2.56 bits per heavy atom. The van der Waals surface area contributed by atoms with Crippen molar-refractivity contribution in [1.82, 2.24) is 19.8 Å². The van der Waals surface area contributed by atoms with E-state index in [4.69, 9.17) is 0 Å². The van der Waals surface area contributed by atoms with E-state index in [0.29, 0.717) is 0 Å². The van der Waals surface area contributed by atoms with E-state index in [9.17, 15) is 4.79 Å². The van der Waals surface area contributed by atoms with Gasteiger partial charge in [0.2, 0.25) is 0 Å². The number of aromatic amines is 1. The Bertz CT molecular complexity index is 1200. The molecule has 32 heavy (non-hydrogen) atoms. The highest BCUT2D eigenvalue weighted by atomic mass is 16.2. The number of carbonyl (C=O) groups excluding carboxylic acids is 1. The molecule has 5 nitrogen and oxygen atoms in total. The summed E-state index contributed by atoms with van der Waals surface area (Å²) in [5.41, 5.74) is 4.51. The summed E-state index contributed by atoms with van der Waals surface area (Å²) in [7, 11) is 0. The van der Waals surface area contributed by atoms with E-state index >= 15 is 0 Å². The van der Waals surface area contributed by atoms with Crippen LogP contribution in [0.4, 0.5) is 0 Å². The first-order valence-electron chi connectivity index (χ1n) is 11.2. The van der Waals surface area contributed by atoms with Gasteiger partial charge in [-0.15, -0.1) is 0 Å². The molecule has 1 fully saturated rings. The predicted octanol–water partition coefficient (Wildman–Crippen LogP) is 4.61. The molecule has 0 radical (unpaired) electrons. The third-order valence-corrected chi connectivity index (χ3v) is 6.45. The Labute approximate surface area is 188 Å². The molecule has 1 aliphatic rings. The van der Waals surface area contributed by atoms with Gasteiger partial charge in [0.1, 0.15) is 0 Å². The zero-order chi connectivity index (χ0) is 21.9. The minimum absolute atomic E-state index is 0.123. The Hall–Kier alpha value is -3.44. The fourth-order valence-electron chi connectivity index (χ4n) is 4.77. The van der Waals surface area contributed by atoms with Crippen LogP contribution in [-0.4, -0.2) is 51.9 Å². The Morgan fingerprint density at radius 2 is 1.78 bits per heavy atom. The second-order valence-corrected chi connectivity index (χ2v) is 8.57. The summed E-state index contributed by atoms with van der Waals surface area (Å²) >= 11 is 0. The van der Waals surface area contributed by atoms with Gasteiger partial charge >= 0.3 is 0 Å². The Balaban J connectivity index is 1.32. The number of carbonyl (C=O) groups is 1. The summed E-state index contributed by atoms with van der Waals surface area (Å²) < 4.78 is 0. The van der Waals surface area contributed by atoms with Crippen molar-refractivity contribution >= 4 is 16.7 Å². The van der Waals surface area contributed by atoms with Gasteiger partial charge in [0.15, 0.2) is 0 Å². The van der Waals surface area contributed by atoms with Crippen molar-refractivity contribution in [2.24, 2.45) is 0 Å². The van der Waals surface area contributed by atoms with Crippen molar-refractivity contribution in [3.05, 3.63) is 102 Å². The zero-order valence-electron chi connectivity index (χ0n) is 18.4. The van der Waals surface area contributed by atoms with Crippen molar-refractivity contribution in [2.75, 3.05) is 26.2 Å². The first-order valence-corrected chi connectivity index (χ1v) is 11.2. The molecule has 1 amide bonds. The molecule has 5 rings (SSSR count). The van der Waals surface area contributed by atoms with Crippen LogP contribution in [0.1, 0.15) is 33.2 Å². The van der Waals surface area contributed by atoms with Gasteiger partial charge in [-0.1, -0.05) is 66.2 Å². The molecule has 2 heterocycles. The van der Waals surface area contributed by atoms with E-state index in [1.807, 2.05) is 41.4 Å². The van der Waals surface area contributed by atoms with Gasteiger partial charge in [0, 0.05) is 37.9 Å². The summed E-state index contributed by atoms with van der Waals surface area (Å²) in [6.07, 6.45) is 4.59. The van der Waals surface area contributed by atoms with Crippen molar-refractivity contribution < 1.29 is 4.79 Å². The van der Waals surface area contributed by atoms with Crippen LogP contribution < -0.4 is 0 Å². The van der Waals surface area contributed by atoms with Crippen LogP contribution in [0, 0.1) is 6.92 Å². The standard InChI is InChI=1S/C27H28N4O/c1-20-6-4-7-21(16-20)17-26(25-18-28-19-29-25)30-12-14-31(15-13-30)27(32)24-11-5-9-22-8-2-3-10-23(22)24/h2-11,16,18-19,26H,12-15,17H2,1H3,(H,28,29). The van der Waals surface area contributed by atoms with Gasteiger partial charge in [-0.05, 0) is 35.7 Å². The molecule has 0 saturated carbocycles. The largest absolute Gasteiger partial charge is 0.347 e. The lowest BCUT2D eigenvalue weighted by Gasteiger charge is -2.39. The van der Waals surface area contributed by atoms with Gasteiger partial charge in [0.05, 0.1) is 18.1 Å². The number of nitrogens with zero attached hydrogens (tertiary/aromatic N) is 3. The molecule has 1 saturated heterocycles. The Morgan fingerprint density at radius 1 is 1.00 bits per heavy atom. The lowest BCUT2D eigenvalue weighted by Crippen LogP contribution is -2.50. The molecule has 162 valence electrons. The monoisotopic (exact) mass is 424 g/mol. The molecule has 4 aromatic rings. The summed E-state index contributed by atoms with van der Waals surface area (Å²) in [6.45, 7) is 5.26. The average molecular weight is 425 g/mol. The van der Waals surface area contributed by atoms with Gasteiger partial charge in [-0.3, -0.25) is 9.69 Å². The van der Waals surface area contributed by atoms with E-state index in [1.165, 1.54) is 11.1 Å². The zero-order valence-corrected chi connectivity index (χ0v) is 18.4. The van der Waals surface area contributed by atoms with Crippen LogP contribution >= 0.6 is 0 Å². The van der Waals surface area contributed by atoms with Crippen LogP contribution in [0.15, 0.2) is 79.3 Å². The molecule has 1 aromatic heterocycles. The predicted molar refractivity (Wildman–Crippen MR) is 128 cm³/mol. The highest BCUT2D eigenvalue weighted by Crippen LogP contribution is 2.26. The second kappa shape index (κ2) is 8.97. The summed E-state index contributed by atoms with van der Waals surface area (Å²) in [4.78, 5) is 25.4. The van der Waals surface area contributed by atoms with E-state index < -0.39 is 0 Å². The highest BCUT2D eigenvalue weighted by molar-refractivity contribution is 6.07. The highest BCUT2D eigenvalue weighted by Gasteiger charge is 2.29. The first-order chi connectivity index (χ1) is 15.7. The molecule has 1 atom stereocenters. The van der Waals surface area contributed by atoms with Crippen molar-refractivity contribution in [1.29, 1.82) is 0 Å². The molecule has 5 heteroatoms. The number of imidazole rings is 1. The second-order valence-electron chi connectivity index (χ2n) is 8.57. The number of aromatic nitrogens is 2. The first kappa shape index (κ1) is 20.5. The number of fused-ring (bicyclic) bond motifs is 1. The fraction of sp³-hybridized carbons (Fsp3) is 0.259. The molecule has 0 bridgehead atoms. The topological polar surface area (TPSA) is 52.2 Å². The van der Waals surface area contributed by atoms with Crippen LogP contribution in [0.5, 0.6) is 0 Å². The van der Waals surface area contributed by atoms with E-state index in [2.05, 4.69) is 58.2 Å². The molecule has 1 unspecified atom stereocenters. The quantitative estimate of drug-likeness (QED) is 0.509. The van der Waals surface area contributed by atoms with Crippen molar-refractivity contribution in [3.63, 3.8) is 0 Å². The summed E-state index contributed by atoms with van der Waals surface area (Å²) in [5.74, 6) is 0.123. The maximum Gasteiger partial charge on any atom is 0.254 e. The minimum Gasteiger partial charge on any atom is -0.347 e. The van der Waals surface area contributed by atoms with Gasteiger partial charge in [0.25, 0.3) is 5.91 Å². The molecule has 1 N–H and O–H groups in total. The van der Waals surface area contributed by atoms with Crippen LogP contribution in [-0.2, 0) is 6.42 Å². The van der Waals surface area contributed by atoms with Gasteiger partial charge < -0.3 is 9.88 Å². The van der Waals surface area contributed by atoms with Crippen LogP contribution in [0.25, 0.3) is 10.8 Å². The smallest absolute Gasteiger partial charge is 0.254 e. The molecular formula is C27H28N4O. The molecule has 3 aromatic carbocycles. The molecule has 0 aliphatic carbocycles. The third-order valence-electron chi connectivity index (χ3n) is 6.45. The number of aryl methyl sites for hydroxylation is 1. The third kappa shape index (κ3) is 4.16. The number of amides is 1. The van der Waals surface area contributed by atoms with Crippen molar-refractivity contribution in [3.8, 4) is 0 Å². The number of rotatable bonds is 5. The summed E-state index contributed by atoms with van der Waals surface area (Å²) in [6, 6.07) is 23.0. The lowest BCUT2D eigenvalue weighted by molar-refractivity contribution is 0.0564. The number of nitrogens with one attached hydrogen (secondary N) is 1. The maximum atomic E-state index is 13.3. The SMILES string of the molecule is Cc1cccc(CC(c2cnc[nH]2)N2CCN(C(=O)c3cccc4ccccc34)CC2)c1. The van der Waals surface area contributed by atoms with Crippen LogP contribution in [0.2, 0.25) is 0 Å². The number of hydrogen-bond acceptors (Lipinski definition) is 3. The number of hydrogen-bond donors (Lipinski definition) is 1. The average Bonchev–Trinajstić information content (AvgIpc) is 3.37. The van der Waals surface area contributed by atoms with E-state index in [1.54, 1.807) is 6.33 Å². The van der Waals surface area contributed by atoms with E-state index in [0.717, 1.165) is 54.6 Å². The van der Waals surface area contributed by atoms with Crippen LogP contribution in [0.3, 0.4) is 0 Å². The van der Waals surface area contributed by atoms with Crippen molar-refractivity contribution in [2.45, 2.75) is 19.4 Å². The fourth-order valence-corrected chi connectivity index (χ4v) is 4.77. The van der Waals surface area contributed by atoms with Gasteiger partial charge in [-0.2, -0.15) is 0 Å².